The van der Waals surface area contributed by atoms with Crippen LogP contribution in [0.15, 0.2) is 41.1 Å². The minimum Gasteiger partial charge on any atom is -0.464 e. The lowest BCUT2D eigenvalue weighted by atomic mass is 10.2. The van der Waals surface area contributed by atoms with Crippen molar-refractivity contribution in [2.75, 3.05) is 10.6 Å². The van der Waals surface area contributed by atoms with Gasteiger partial charge in [0, 0.05) is 17.4 Å². The summed E-state index contributed by atoms with van der Waals surface area (Å²) in [6, 6.07) is 9.17. The van der Waals surface area contributed by atoms with Gasteiger partial charge in [-0.25, -0.2) is 9.78 Å². The van der Waals surface area contributed by atoms with Crippen LogP contribution in [0.2, 0.25) is 0 Å². The number of hydrogen-bond acceptors (Lipinski definition) is 5. The maximum absolute atomic E-state index is 11.9. The highest BCUT2D eigenvalue weighted by atomic mass is 79.9. The second-order valence-corrected chi connectivity index (χ2v) is 7.20. The van der Waals surface area contributed by atoms with Crippen LogP contribution in [0.3, 0.4) is 0 Å². The zero-order valence-electron chi connectivity index (χ0n) is 13.6. The summed E-state index contributed by atoms with van der Waals surface area (Å²) in [6.07, 6.45) is 0.926. The minimum atomic E-state index is -0.540. The van der Waals surface area contributed by atoms with E-state index in [1.165, 1.54) is 0 Å². The number of benzene rings is 1. The molecule has 2 N–H and O–H groups in total. The number of aromatic nitrogens is 1. The molecule has 1 unspecified atom stereocenters. The number of carbonyl (C=O) groups excluding carboxylic acids is 1. The Hall–Kier alpha value is -2.28. The molecule has 0 fully saturated rings. The number of anilines is 2. The van der Waals surface area contributed by atoms with Crippen molar-refractivity contribution >= 4 is 33.4 Å². The molecular formula is C17H18BrN3O3. The smallest absolute Gasteiger partial charge is 0.412 e. The third-order valence-electron chi connectivity index (χ3n) is 3.21. The number of carbonyl (C=O) groups is 1. The highest BCUT2D eigenvalue weighted by Crippen LogP contribution is 2.39. The number of ether oxygens (including phenoxy) is 2. The highest BCUT2D eigenvalue weighted by Gasteiger charge is 2.24. The summed E-state index contributed by atoms with van der Waals surface area (Å²) < 4.78 is 11.9. The molecule has 1 atom stereocenters. The molecule has 0 bridgehead atoms. The zero-order valence-corrected chi connectivity index (χ0v) is 15.2. The van der Waals surface area contributed by atoms with Gasteiger partial charge in [0.15, 0.2) is 6.23 Å². The van der Waals surface area contributed by atoms with Crippen LogP contribution in [0.25, 0.3) is 0 Å². The first-order chi connectivity index (χ1) is 11.3. The van der Waals surface area contributed by atoms with Gasteiger partial charge in [-0.2, -0.15) is 0 Å². The Bertz CT molecular complexity index is 774. The minimum absolute atomic E-state index is 0.295. The van der Waals surface area contributed by atoms with Crippen molar-refractivity contribution in [2.24, 2.45) is 0 Å². The lowest BCUT2D eigenvalue weighted by Gasteiger charge is -2.19. The normalized spacial score (nSPS) is 15.9. The summed E-state index contributed by atoms with van der Waals surface area (Å²) in [5.41, 5.74) is 1.86. The summed E-state index contributed by atoms with van der Waals surface area (Å²) in [5, 5.41) is 5.99. The third-order valence-corrected chi connectivity index (χ3v) is 3.64. The van der Waals surface area contributed by atoms with Crippen molar-refractivity contribution in [3.05, 3.63) is 46.7 Å². The molecule has 3 rings (SSSR count). The molecule has 6 nitrogen and oxygen atoms in total. The summed E-state index contributed by atoms with van der Waals surface area (Å²) in [5.74, 6) is 0.725. The van der Waals surface area contributed by atoms with Crippen LogP contribution in [0.4, 0.5) is 16.2 Å². The molecule has 2 heterocycles. The Morgan fingerprint density at radius 1 is 1.33 bits per heavy atom. The van der Waals surface area contributed by atoms with Crippen molar-refractivity contribution in [3.63, 3.8) is 0 Å². The number of nitrogens with one attached hydrogen (secondary N) is 2. The molecule has 1 aliphatic rings. The molecule has 0 saturated heterocycles. The van der Waals surface area contributed by atoms with Crippen molar-refractivity contribution in [1.82, 2.24) is 4.98 Å². The van der Waals surface area contributed by atoms with Gasteiger partial charge in [0.1, 0.15) is 16.0 Å². The highest BCUT2D eigenvalue weighted by molar-refractivity contribution is 9.10. The molecule has 0 spiro atoms. The Balaban J connectivity index is 1.71. The first-order valence-corrected chi connectivity index (χ1v) is 8.28. The molecule has 2 aromatic rings. The number of fused-ring (bicyclic) bond motifs is 1. The van der Waals surface area contributed by atoms with Crippen LogP contribution >= 0.6 is 15.9 Å². The van der Waals surface area contributed by atoms with Gasteiger partial charge in [-0.1, -0.05) is 0 Å². The quantitative estimate of drug-likeness (QED) is 0.726. The Labute approximate surface area is 148 Å². The molecule has 0 aliphatic carbocycles. The van der Waals surface area contributed by atoms with Crippen LogP contribution < -0.4 is 15.4 Å². The van der Waals surface area contributed by atoms with Crippen LogP contribution in [0, 0.1) is 0 Å². The van der Waals surface area contributed by atoms with E-state index in [1.807, 2.05) is 45.0 Å². The average Bonchev–Trinajstić information content (AvgIpc) is 2.88. The Morgan fingerprint density at radius 3 is 2.83 bits per heavy atom. The van der Waals surface area contributed by atoms with E-state index < -0.39 is 11.7 Å². The molecule has 0 saturated carbocycles. The lowest BCUT2D eigenvalue weighted by molar-refractivity contribution is 0.0636. The fourth-order valence-electron chi connectivity index (χ4n) is 2.27. The SMILES string of the molecule is CC(C)(C)OC(=O)Nc1ccc2c(c1)NC(c1ccnc(Br)c1)O2. The van der Waals surface area contributed by atoms with Gasteiger partial charge >= 0.3 is 6.09 Å². The maximum atomic E-state index is 11.9. The van der Waals surface area contributed by atoms with E-state index >= 15 is 0 Å². The van der Waals surface area contributed by atoms with E-state index in [0.29, 0.717) is 5.69 Å². The topological polar surface area (TPSA) is 72.5 Å². The average molecular weight is 392 g/mol. The molecule has 1 aromatic heterocycles. The third kappa shape index (κ3) is 3.97. The maximum Gasteiger partial charge on any atom is 0.412 e. The van der Waals surface area contributed by atoms with E-state index in [4.69, 9.17) is 9.47 Å². The van der Waals surface area contributed by atoms with E-state index in [0.717, 1.165) is 21.6 Å². The molecular weight excluding hydrogens is 374 g/mol. The molecule has 0 radical (unpaired) electrons. The van der Waals surface area contributed by atoms with Gasteiger partial charge in [0.25, 0.3) is 0 Å². The van der Waals surface area contributed by atoms with Gasteiger partial charge in [-0.3, -0.25) is 5.32 Å². The van der Waals surface area contributed by atoms with Crippen LogP contribution in [-0.2, 0) is 4.74 Å². The number of nitrogens with zero attached hydrogens (tertiary/aromatic N) is 1. The standard InChI is InChI=1S/C17H18BrN3O3/c1-17(2,3)24-16(22)20-11-4-5-13-12(9-11)21-15(23-13)10-6-7-19-14(18)8-10/h4-9,15,21H,1-3H3,(H,20,22). The monoisotopic (exact) mass is 391 g/mol. The Kier molecular flexibility index (Phi) is 4.36. The summed E-state index contributed by atoms with van der Waals surface area (Å²) >= 11 is 3.35. The van der Waals surface area contributed by atoms with Crippen LogP contribution in [0.5, 0.6) is 5.75 Å². The van der Waals surface area contributed by atoms with Crippen molar-refractivity contribution in [2.45, 2.75) is 32.6 Å². The number of pyridine rings is 1. The molecule has 126 valence electrons. The zero-order chi connectivity index (χ0) is 17.3. The summed E-state index contributed by atoms with van der Waals surface area (Å²) in [7, 11) is 0. The van der Waals surface area contributed by atoms with E-state index in [2.05, 4.69) is 31.5 Å². The fourth-order valence-corrected chi connectivity index (χ4v) is 2.66. The first kappa shape index (κ1) is 16.6. The van der Waals surface area contributed by atoms with E-state index in [1.54, 1.807) is 12.3 Å². The van der Waals surface area contributed by atoms with Gasteiger partial charge in [0.05, 0.1) is 5.69 Å². The van der Waals surface area contributed by atoms with E-state index in [9.17, 15) is 4.79 Å². The lowest BCUT2D eigenvalue weighted by Crippen LogP contribution is -2.27. The fraction of sp³-hybridized carbons (Fsp3) is 0.294. The molecule has 24 heavy (non-hydrogen) atoms. The Morgan fingerprint density at radius 2 is 2.12 bits per heavy atom. The predicted octanol–water partition coefficient (Wildman–Crippen LogP) is 4.69. The van der Waals surface area contributed by atoms with Gasteiger partial charge in [-0.05, 0) is 67.0 Å². The second-order valence-electron chi connectivity index (χ2n) is 6.39. The first-order valence-electron chi connectivity index (χ1n) is 7.49. The van der Waals surface area contributed by atoms with Crippen molar-refractivity contribution < 1.29 is 14.3 Å². The molecule has 7 heteroatoms. The van der Waals surface area contributed by atoms with Gasteiger partial charge in [0.2, 0.25) is 0 Å². The summed E-state index contributed by atoms with van der Waals surface area (Å²) in [4.78, 5) is 16.0. The van der Waals surface area contributed by atoms with E-state index in [-0.39, 0.29) is 6.23 Å². The second kappa shape index (κ2) is 6.32. The number of amides is 1. The van der Waals surface area contributed by atoms with Gasteiger partial charge < -0.3 is 14.8 Å². The van der Waals surface area contributed by atoms with Crippen molar-refractivity contribution in [3.8, 4) is 5.75 Å². The van der Waals surface area contributed by atoms with Crippen LogP contribution in [0.1, 0.15) is 32.6 Å². The predicted molar refractivity (Wildman–Crippen MR) is 95.2 cm³/mol. The number of halogens is 1. The van der Waals surface area contributed by atoms with Gasteiger partial charge in [-0.15, -0.1) is 0 Å². The van der Waals surface area contributed by atoms with Crippen LogP contribution in [-0.4, -0.2) is 16.7 Å². The number of hydrogen-bond donors (Lipinski definition) is 2. The van der Waals surface area contributed by atoms with Crippen molar-refractivity contribution in [1.29, 1.82) is 0 Å². The number of rotatable bonds is 2. The molecule has 1 aromatic carbocycles. The largest absolute Gasteiger partial charge is 0.464 e. The molecule has 1 amide bonds. The molecule has 1 aliphatic heterocycles. The summed E-state index contributed by atoms with van der Waals surface area (Å²) in [6.45, 7) is 5.46.